The zero-order valence-corrected chi connectivity index (χ0v) is 20.7. The molecule has 3 rings (SSSR count). The molecule has 1 N–H and O–H groups in total. The van der Waals surface area contributed by atoms with Crippen LogP contribution in [0, 0.1) is 6.92 Å². The second-order valence-corrected chi connectivity index (χ2v) is 9.24. The number of thiophene rings is 1. The van der Waals surface area contributed by atoms with Crippen molar-refractivity contribution in [3.63, 3.8) is 0 Å². The molecule has 0 saturated heterocycles. The molecule has 2 aromatic heterocycles. The summed E-state index contributed by atoms with van der Waals surface area (Å²) in [5, 5.41) is 12.5. The number of nitrogens with zero attached hydrogens (tertiary/aromatic N) is 3. The monoisotopic (exact) mass is 508 g/mol. The number of amides is 1. The summed E-state index contributed by atoms with van der Waals surface area (Å²) in [6, 6.07) is 7.46. The molecule has 0 bridgehead atoms. The molecule has 0 atom stereocenters. The molecule has 174 valence electrons. The van der Waals surface area contributed by atoms with Gasteiger partial charge in [-0.2, -0.15) is 0 Å². The number of nitrogens with one attached hydrogen (secondary N) is 1. The van der Waals surface area contributed by atoms with E-state index in [2.05, 4.69) is 15.5 Å². The number of hydrogen-bond donors (Lipinski definition) is 1. The van der Waals surface area contributed by atoms with Crippen molar-refractivity contribution in [2.24, 2.45) is 7.05 Å². The number of thioether (sulfide) groups is 1. The van der Waals surface area contributed by atoms with Crippen molar-refractivity contribution in [3.8, 4) is 0 Å². The van der Waals surface area contributed by atoms with Gasteiger partial charge in [0.15, 0.2) is 5.16 Å². The van der Waals surface area contributed by atoms with Crippen LogP contribution in [0.5, 0.6) is 0 Å². The largest absolute Gasteiger partial charge is 0.465 e. The number of rotatable bonds is 8. The minimum absolute atomic E-state index is 0.0258. The number of halogens is 1. The zero-order valence-electron chi connectivity index (χ0n) is 18.3. The van der Waals surface area contributed by atoms with Crippen molar-refractivity contribution in [1.82, 2.24) is 14.8 Å². The van der Waals surface area contributed by atoms with Crippen molar-refractivity contribution in [1.29, 1.82) is 0 Å². The lowest BCUT2D eigenvalue weighted by atomic mass is 10.1. The van der Waals surface area contributed by atoms with Crippen LogP contribution in [0.1, 0.15) is 37.0 Å². The Labute approximate surface area is 203 Å². The Bertz CT molecular complexity index is 1190. The molecular formula is C21H21ClN4O5S2. The maximum absolute atomic E-state index is 12.6. The standard InChI is InChI=1S/C21H21ClN4O5S2/c1-11-16(19(28)30-3)18(33-17(11)20(29)31-4)23-15(27)10-32-21-25-24-14(26(21)2)9-12-5-7-13(22)8-6-12/h5-8H,9-10H2,1-4H3,(H,23,27). The number of methoxy groups -OCH3 is 2. The normalized spacial score (nSPS) is 10.7. The summed E-state index contributed by atoms with van der Waals surface area (Å²) in [6.45, 7) is 1.60. The molecule has 2 heterocycles. The third-order valence-corrected chi connectivity index (χ3v) is 7.15. The van der Waals surface area contributed by atoms with E-state index < -0.39 is 11.9 Å². The number of hydrogen-bond acceptors (Lipinski definition) is 9. The van der Waals surface area contributed by atoms with E-state index in [9.17, 15) is 14.4 Å². The van der Waals surface area contributed by atoms with E-state index in [0.717, 1.165) is 22.7 Å². The van der Waals surface area contributed by atoms with Crippen LogP contribution in [-0.2, 0) is 27.7 Å². The maximum Gasteiger partial charge on any atom is 0.348 e. The first kappa shape index (κ1) is 24.7. The number of ether oxygens (including phenoxy) is 2. The summed E-state index contributed by atoms with van der Waals surface area (Å²) in [7, 11) is 4.30. The van der Waals surface area contributed by atoms with Crippen LogP contribution in [0.15, 0.2) is 29.4 Å². The first-order valence-electron chi connectivity index (χ1n) is 9.60. The molecule has 0 saturated carbocycles. The van der Waals surface area contributed by atoms with Crippen molar-refractivity contribution in [2.45, 2.75) is 18.5 Å². The Morgan fingerprint density at radius 3 is 2.42 bits per heavy atom. The summed E-state index contributed by atoms with van der Waals surface area (Å²) in [6.07, 6.45) is 0.570. The van der Waals surface area contributed by atoms with Gasteiger partial charge in [0.1, 0.15) is 15.7 Å². The van der Waals surface area contributed by atoms with Crippen molar-refractivity contribution in [3.05, 3.63) is 56.7 Å². The number of anilines is 1. The molecule has 0 unspecified atom stereocenters. The maximum atomic E-state index is 12.6. The lowest BCUT2D eigenvalue weighted by molar-refractivity contribution is -0.113. The van der Waals surface area contributed by atoms with Gasteiger partial charge >= 0.3 is 11.9 Å². The first-order chi connectivity index (χ1) is 15.7. The predicted molar refractivity (Wildman–Crippen MR) is 126 cm³/mol. The lowest BCUT2D eigenvalue weighted by Crippen LogP contribution is -2.16. The third-order valence-electron chi connectivity index (χ3n) is 4.69. The van der Waals surface area contributed by atoms with Gasteiger partial charge < -0.3 is 19.4 Å². The van der Waals surface area contributed by atoms with E-state index in [0.29, 0.717) is 22.2 Å². The van der Waals surface area contributed by atoms with Crippen LogP contribution < -0.4 is 5.32 Å². The molecule has 12 heteroatoms. The van der Waals surface area contributed by atoms with Crippen LogP contribution in [0.3, 0.4) is 0 Å². The number of aromatic nitrogens is 3. The summed E-state index contributed by atoms with van der Waals surface area (Å²) >= 11 is 8.09. The van der Waals surface area contributed by atoms with Crippen molar-refractivity contribution in [2.75, 3.05) is 25.3 Å². The number of carbonyl (C=O) groups is 3. The highest BCUT2D eigenvalue weighted by molar-refractivity contribution is 7.99. The Kier molecular flexibility index (Phi) is 8.11. The molecule has 33 heavy (non-hydrogen) atoms. The molecular weight excluding hydrogens is 488 g/mol. The van der Waals surface area contributed by atoms with Gasteiger partial charge in [-0.3, -0.25) is 4.79 Å². The highest BCUT2D eigenvalue weighted by Gasteiger charge is 2.27. The second kappa shape index (κ2) is 10.8. The van der Waals surface area contributed by atoms with Gasteiger partial charge in [0.25, 0.3) is 0 Å². The van der Waals surface area contributed by atoms with Gasteiger partial charge in [-0.15, -0.1) is 21.5 Å². The average molecular weight is 509 g/mol. The fourth-order valence-corrected chi connectivity index (χ4v) is 4.92. The van der Waals surface area contributed by atoms with Crippen LogP contribution in [0.2, 0.25) is 5.02 Å². The molecule has 0 aliphatic carbocycles. The second-order valence-electron chi connectivity index (χ2n) is 6.84. The lowest BCUT2D eigenvalue weighted by Gasteiger charge is -2.06. The van der Waals surface area contributed by atoms with Gasteiger partial charge in [0.05, 0.1) is 25.5 Å². The van der Waals surface area contributed by atoms with Gasteiger partial charge in [-0.1, -0.05) is 35.5 Å². The molecule has 1 amide bonds. The average Bonchev–Trinajstić information content (AvgIpc) is 3.31. The van der Waals surface area contributed by atoms with Gasteiger partial charge in [-0.05, 0) is 30.2 Å². The molecule has 0 aliphatic rings. The minimum atomic E-state index is -0.651. The van der Waals surface area contributed by atoms with Crippen LogP contribution in [0.25, 0.3) is 0 Å². The highest BCUT2D eigenvalue weighted by atomic mass is 35.5. The summed E-state index contributed by atoms with van der Waals surface area (Å²) in [5.74, 6) is -0.848. The van der Waals surface area contributed by atoms with E-state index in [1.807, 2.05) is 35.9 Å². The fourth-order valence-electron chi connectivity index (χ4n) is 2.94. The smallest absolute Gasteiger partial charge is 0.348 e. The number of carbonyl (C=O) groups excluding carboxylic acids is 3. The van der Waals surface area contributed by atoms with Crippen LogP contribution in [0.4, 0.5) is 5.00 Å². The Morgan fingerprint density at radius 2 is 1.79 bits per heavy atom. The van der Waals surface area contributed by atoms with Gasteiger partial charge in [-0.25, -0.2) is 9.59 Å². The summed E-state index contributed by atoms with van der Waals surface area (Å²) in [5.41, 5.74) is 1.56. The van der Waals surface area contributed by atoms with Crippen LogP contribution >= 0.6 is 34.7 Å². The molecule has 9 nitrogen and oxygen atoms in total. The first-order valence-corrected chi connectivity index (χ1v) is 11.8. The summed E-state index contributed by atoms with van der Waals surface area (Å²) < 4.78 is 11.4. The SMILES string of the molecule is COC(=O)c1sc(NC(=O)CSc2nnc(Cc3ccc(Cl)cc3)n2C)c(C(=O)OC)c1C. The van der Waals surface area contributed by atoms with Gasteiger partial charge in [0, 0.05) is 18.5 Å². The zero-order chi connectivity index (χ0) is 24.1. The highest BCUT2D eigenvalue weighted by Crippen LogP contribution is 2.34. The molecule has 3 aromatic rings. The van der Waals surface area contributed by atoms with E-state index in [1.165, 1.54) is 26.0 Å². The quantitative estimate of drug-likeness (QED) is 0.362. The van der Waals surface area contributed by atoms with E-state index in [1.54, 1.807) is 6.92 Å². The Hall–Kier alpha value is -2.89. The third kappa shape index (κ3) is 5.73. The molecule has 0 fully saturated rings. The fraction of sp³-hybridized carbons (Fsp3) is 0.286. The van der Waals surface area contributed by atoms with E-state index in [-0.39, 0.29) is 27.1 Å². The molecule has 1 aromatic carbocycles. The topological polar surface area (TPSA) is 112 Å². The van der Waals surface area contributed by atoms with Gasteiger partial charge in [0.2, 0.25) is 5.91 Å². The summed E-state index contributed by atoms with van der Waals surface area (Å²) in [4.78, 5) is 37.0. The number of esters is 2. The number of benzene rings is 1. The van der Waals surface area contributed by atoms with E-state index in [4.69, 9.17) is 21.1 Å². The molecule has 0 radical (unpaired) electrons. The molecule has 0 spiro atoms. The Balaban J connectivity index is 1.68. The van der Waals surface area contributed by atoms with Crippen molar-refractivity contribution < 1.29 is 23.9 Å². The minimum Gasteiger partial charge on any atom is -0.465 e. The Morgan fingerprint density at radius 1 is 1.12 bits per heavy atom. The predicted octanol–water partition coefficient (Wildman–Crippen LogP) is 3.73. The molecule has 0 aliphatic heterocycles. The van der Waals surface area contributed by atoms with E-state index >= 15 is 0 Å². The van der Waals surface area contributed by atoms with Crippen molar-refractivity contribution >= 4 is 57.5 Å². The van der Waals surface area contributed by atoms with Crippen LogP contribution in [-0.4, -0.2) is 52.6 Å².